The molecule has 1 aromatic heterocycles. The molecule has 5 heteroatoms. The molecule has 0 spiro atoms. The molecule has 0 radical (unpaired) electrons. The Morgan fingerprint density at radius 3 is 2.61 bits per heavy atom. The number of carboxylic acids is 1. The van der Waals surface area contributed by atoms with E-state index < -0.39 is 5.97 Å². The van der Waals surface area contributed by atoms with Crippen LogP contribution in [0.4, 0.5) is 0 Å². The number of benzene rings is 2. The summed E-state index contributed by atoms with van der Waals surface area (Å²) in [5, 5.41) is 14.3. The summed E-state index contributed by atoms with van der Waals surface area (Å²) in [6, 6.07) is 18.5. The molecule has 5 nitrogen and oxygen atoms in total. The van der Waals surface area contributed by atoms with E-state index >= 15 is 0 Å². The van der Waals surface area contributed by atoms with Gasteiger partial charge >= 0.3 is 5.97 Å². The lowest BCUT2D eigenvalue weighted by Crippen LogP contribution is -2.38. The summed E-state index contributed by atoms with van der Waals surface area (Å²) < 4.78 is 1.92. The standard InChI is InChI=1S/C23H25N3O2/c1-17-9-11-18(12-10-17)22-20(15-25-13-5-6-19(14-25)23(27)28)16-26(24-22)21-7-3-2-4-8-21/h2-4,7-12,16,19H,5-6,13-15H2,1H3,(H,27,28). The second-order valence-electron chi connectivity index (χ2n) is 7.56. The highest BCUT2D eigenvalue weighted by molar-refractivity contribution is 5.70. The number of hydrogen-bond donors (Lipinski definition) is 1. The molecule has 2 heterocycles. The van der Waals surface area contributed by atoms with Crippen LogP contribution in [0, 0.1) is 12.8 Å². The number of para-hydroxylation sites is 1. The third kappa shape index (κ3) is 3.99. The Hall–Kier alpha value is -2.92. The molecular formula is C23H25N3O2. The summed E-state index contributed by atoms with van der Waals surface area (Å²) in [5.41, 5.74) is 5.40. The maximum absolute atomic E-state index is 11.4. The second kappa shape index (κ2) is 7.98. The van der Waals surface area contributed by atoms with Gasteiger partial charge in [0.2, 0.25) is 0 Å². The van der Waals surface area contributed by atoms with Crippen molar-refractivity contribution in [1.29, 1.82) is 0 Å². The first-order chi connectivity index (χ1) is 13.6. The van der Waals surface area contributed by atoms with E-state index in [1.165, 1.54) is 5.56 Å². The molecule has 0 saturated carbocycles. The molecule has 0 bridgehead atoms. The predicted octanol–water partition coefficient (Wildman–Crippen LogP) is 4.14. The maximum Gasteiger partial charge on any atom is 0.307 e. The van der Waals surface area contributed by atoms with Crippen LogP contribution in [-0.2, 0) is 11.3 Å². The Balaban J connectivity index is 1.67. The molecule has 1 fully saturated rings. The third-order valence-corrected chi connectivity index (χ3v) is 5.38. The van der Waals surface area contributed by atoms with E-state index in [4.69, 9.17) is 5.10 Å². The number of rotatable bonds is 5. The quantitative estimate of drug-likeness (QED) is 0.728. The monoisotopic (exact) mass is 375 g/mol. The van der Waals surface area contributed by atoms with Crippen molar-refractivity contribution in [3.63, 3.8) is 0 Å². The van der Waals surface area contributed by atoms with E-state index in [9.17, 15) is 9.90 Å². The molecule has 0 aliphatic carbocycles. The number of aliphatic carboxylic acids is 1. The van der Waals surface area contributed by atoms with Crippen molar-refractivity contribution in [3.8, 4) is 16.9 Å². The normalized spacial score (nSPS) is 17.5. The lowest BCUT2D eigenvalue weighted by molar-refractivity contribution is -0.143. The predicted molar refractivity (Wildman–Crippen MR) is 109 cm³/mol. The van der Waals surface area contributed by atoms with Gasteiger partial charge in [0.15, 0.2) is 0 Å². The van der Waals surface area contributed by atoms with Crippen LogP contribution < -0.4 is 0 Å². The van der Waals surface area contributed by atoms with Gasteiger partial charge in [-0.3, -0.25) is 9.69 Å². The van der Waals surface area contributed by atoms with Gasteiger partial charge < -0.3 is 5.11 Å². The Bertz CT molecular complexity index is 948. The fourth-order valence-electron chi connectivity index (χ4n) is 3.83. The summed E-state index contributed by atoms with van der Waals surface area (Å²) >= 11 is 0. The minimum atomic E-state index is -0.691. The summed E-state index contributed by atoms with van der Waals surface area (Å²) in [6.45, 7) is 4.31. The van der Waals surface area contributed by atoms with Crippen molar-refractivity contribution in [2.45, 2.75) is 26.3 Å². The number of aryl methyl sites for hydroxylation is 1. The summed E-state index contributed by atoms with van der Waals surface area (Å²) in [4.78, 5) is 13.7. The van der Waals surface area contributed by atoms with Crippen LogP contribution in [0.2, 0.25) is 0 Å². The van der Waals surface area contributed by atoms with Gasteiger partial charge in [-0.05, 0) is 38.4 Å². The van der Waals surface area contributed by atoms with Gasteiger partial charge in [-0.25, -0.2) is 4.68 Å². The average molecular weight is 375 g/mol. The Morgan fingerprint density at radius 2 is 1.89 bits per heavy atom. The van der Waals surface area contributed by atoms with Gasteiger partial charge in [0, 0.05) is 30.4 Å². The van der Waals surface area contributed by atoms with Crippen LogP contribution in [0.25, 0.3) is 16.9 Å². The first-order valence-corrected chi connectivity index (χ1v) is 9.76. The van der Waals surface area contributed by atoms with E-state index in [-0.39, 0.29) is 5.92 Å². The molecule has 144 valence electrons. The first-order valence-electron chi connectivity index (χ1n) is 9.76. The fraction of sp³-hybridized carbons (Fsp3) is 0.304. The van der Waals surface area contributed by atoms with Crippen molar-refractivity contribution in [2.75, 3.05) is 13.1 Å². The van der Waals surface area contributed by atoms with Crippen molar-refractivity contribution in [3.05, 3.63) is 71.9 Å². The largest absolute Gasteiger partial charge is 0.481 e. The topological polar surface area (TPSA) is 58.4 Å². The van der Waals surface area contributed by atoms with E-state index in [2.05, 4.69) is 42.3 Å². The summed E-state index contributed by atoms with van der Waals surface area (Å²) in [6.07, 6.45) is 3.76. The van der Waals surface area contributed by atoms with Crippen LogP contribution in [0.1, 0.15) is 24.0 Å². The van der Waals surface area contributed by atoms with Crippen LogP contribution >= 0.6 is 0 Å². The van der Waals surface area contributed by atoms with Crippen molar-refractivity contribution < 1.29 is 9.90 Å². The highest BCUT2D eigenvalue weighted by atomic mass is 16.4. The van der Waals surface area contributed by atoms with Gasteiger partial charge in [-0.2, -0.15) is 5.10 Å². The zero-order valence-corrected chi connectivity index (χ0v) is 16.1. The zero-order chi connectivity index (χ0) is 19.5. The minimum Gasteiger partial charge on any atom is -0.481 e. The number of piperidine rings is 1. The number of nitrogens with zero attached hydrogens (tertiary/aromatic N) is 3. The van der Waals surface area contributed by atoms with Crippen molar-refractivity contribution in [2.24, 2.45) is 5.92 Å². The minimum absolute atomic E-state index is 0.277. The Morgan fingerprint density at radius 1 is 1.14 bits per heavy atom. The van der Waals surface area contributed by atoms with Gasteiger partial charge in [-0.1, -0.05) is 48.0 Å². The molecule has 1 aliphatic heterocycles. The fourth-order valence-corrected chi connectivity index (χ4v) is 3.83. The molecule has 1 unspecified atom stereocenters. The molecule has 1 atom stereocenters. The Labute approximate surface area is 165 Å². The van der Waals surface area contributed by atoms with E-state index in [0.717, 1.165) is 41.9 Å². The highest BCUT2D eigenvalue weighted by Crippen LogP contribution is 2.27. The van der Waals surface area contributed by atoms with Gasteiger partial charge in [0.1, 0.15) is 0 Å². The third-order valence-electron chi connectivity index (χ3n) is 5.38. The number of likely N-dealkylation sites (tertiary alicyclic amines) is 1. The van der Waals surface area contributed by atoms with Crippen molar-refractivity contribution >= 4 is 5.97 Å². The molecule has 4 rings (SSSR count). The molecule has 1 saturated heterocycles. The highest BCUT2D eigenvalue weighted by Gasteiger charge is 2.26. The zero-order valence-electron chi connectivity index (χ0n) is 16.1. The number of carboxylic acid groups (broad SMARTS) is 1. The first kappa shape index (κ1) is 18.4. The van der Waals surface area contributed by atoms with Crippen LogP contribution in [-0.4, -0.2) is 38.8 Å². The van der Waals surface area contributed by atoms with E-state index in [1.54, 1.807) is 0 Å². The lowest BCUT2D eigenvalue weighted by Gasteiger charge is -2.30. The molecule has 1 aliphatic rings. The van der Waals surface area contributed by atoms with Crippen LogP contribution in [0.5, 0.6) is 0 Å². The second-order valence-corrected chi connectivity index (χ2v) is 7.56. The average Bonchev–Trinajstić information content (AvgIpc) is 3.13. The maximum atomic E-state index is 11.4. The van der Waals surface area contributed by atoms with Crippen LogP contribution in [0.3, 0.4) is 0 Å². The van der Waals surface area contributed by atoms with Crippen molar-refractivity contribution in [1.82, 2.24) is 14.7 Å². The molecule has 3 aromatic rings. The summed E-state index contributed by atoms with van der Waals surface area (Å²) in [7, 11) is 0. The number of aromatic nitrogens is 2. The number of hydrogen-bond acceptors (Lipinski definition) is 3. The molecule has 1 N–H and O–H groups in total. The van der Waals surface area contributed by atoms with Gasteiger partial charge in [-0.15, -0.1) is 0 Å². The van der Waals surface area contributed by atoms with E-state index in [0.29, 0.717) is 13.1 Å². The van der Waals surface area contributed by atoms with Crippen LogP contribution in [0.15, 0.2) is 60.8 Å². The SMILES string of the molecule is Cc1ccc(-c2nn(-c3ccccc3)cc2CN2CCCC(C(=O)O)C2)cc1. The Kier molecular flexibility index (Phi) is 5.26. The molecule has 2 aromatic carbocycles. The molecule has 28 heavy (non-hydrogen) atoms. The molecular weight excluding hydrogens is 350 g/mol. The van der Waals surface area contributed by atoms with Gasteiger partial charge in [0.25, 0.3) is 0 Å². The van der Waals surface area contributed by atoms with E-state index in [1.807, 2.05) is 35.0 Å². The smallest absolute Gasteiger partial charge is 0.307 e. The van der Waals surface area contributed by atoms with Gasteiger partial charge in [0.05, 0.1) is 17.3 Å². The number of carbonyl (C=O) groups is 1. The summed E-state index contributed by atoms with van der Waals surface area (Å²) in [5.74, 6) is -0.968. The molecule has 0 amide bonds. The lowest BCUT2D eigenvalue weighted by atomic mass is 9.97.